The molecule has 1 aromatic rings. The van der Waals surface area contributed by atoms with Crippen molar-refractivity contribution in [1.29, 1.82) is 0 Å². The minimum atomic E-state index is -0.691. The first-order valence-electron chi connectivity index (χ1n) is 6.48. The van der Waals surface area contributed by atoms with Crippen LogP contribution >= 0.6 is 11.6 Å². The summed E-state index contributed by atoms with van der Waals surface area (Å²) in [6.45, 7) is 3.29. The molecule has 1 aromatic carbocycles. The number of halogens is 1. The van der Waals surface area contributed by atoms with Gasteiger partial charge in [-0.25, -0.2) is 0 Å². The van der Waals surface area contributed by atoms with E-state index in [2.05, 4.69) is 5.32 Å². The third-order valence-corrected chi connectivity index (χ3v) is 3.63. The summed E-state index contributed by atoms with van der Waals surface area (Å²) in [7, 11) is 1.54. The van der Waals surface area contributed by atoms with Crippen molar-refractivity contribution in [3.05, 3.63) is 23.2 Å². The van der Waals surface area contributed by atoms with E-state index in [1.165, 1.54) is 0 Å². The summed E-state index contributed by atoms with van der Waals surface area (Å²) in [5.74, 6) is 0.448. The number of hydrogen-bond acceptors (Lipinski definition) is 4. The first-order chi connectivity index (χ1) is 9.39. The highest BCUT2D eigenvalue weighted by Gasteiger charge is 2.31. The molecule has 1 aliphatic heterocycles. The Morgan fingerprint density at radius 1 is 1.60 bits per heavy atom. The Hall–Kier alpha value is -1.30. The predicted octanol–water partition coefficient (Wildman–Crippen LogP) is 1.74. The van der Waals surface area contributed by atoms with Gasteiger partial charge in [0.25, 0.3) is 0 Å². The predicted molar refractivity (Wildman–Crippen MR) is 78.3 cm³/mol. The quantitative estimate of drug-likeness (QED) is 0.889. The number of methoxy groups -OCH3 is 1. The van der Waals surface area contributed by atoms with Crippen LogP contribution in [0.4, 0.5) is 5.69 Å². The number of rotatable bonds is 4. The molecule has 1 saturated heterocycles. The van der Waals surface area contributed by atoms with Gasteiger partial charge in [0.1, 0.15) is 5.75 Å². The molecule has 1 atom stereocenters. The lowest BCUT2D eigenvalue weighted by atomic mass is 10.1. The summed E-state index contributed by atoms with van der Waals surface area (Å²) in [5, 5.41) is 13.1. The summed E-state index contributed by atoms with van der Waals surface area (Å²) < 4.78 is 5.05. The highest BCUT2D eigenvalue weighted by atomic mass is 35.5. The van der Waals surface area contributed by atoms with Crippen molar-refractivity contribution in [2.24, 2.45) is 0 Å². The standard InChI is InChI=1S/C14H19ClN2O3/c1-14(19)5-6-17(9-14)8-13(18)16-10-3-4-12(20-2)11(15)7-10/h3-4,7,19H,5-6,8-9H2,1-2H3,(H,16,18). The zero-order chi connectivity index (χ0) is 14.8. The van der Waals surface area contributed by atoms with Crippen molar-refractivity contribution in [2.45, 2.75) is 18.9 Å². The average Bonchev–Trinajstić information content (AvgIpc) is 2.68. The fourth-order valence-corrected chi connectivity index (χ4v) is 2.58. The van der Waals surface area contributed by atoms with Gasteiger partial charge in [-0.3, -0.25) is 9.69 Å². The number of amides is 1. The molecular formula is C14H19ClN2O3. The maximum atomic E-state index is 11.9. The Kier molecular flexibility index (Phi) is 4.52. The molecule has 1 fully saturated rings. The number of ether oxygens (including phenoxy) is 1. The van der Waals surface area contributed by atoms with Crippen LogP contribution in [0.25, 0.3) is 0 Å². The van der Waals surface area contributed by atoms with Gasteiger partial charge in [-0.05, 0) is 31.5 Å². The van der Waals surface area contributed by atoms with Crippen LogP contribution in [-0.2, 0) is 4.79 Å². The van der Waals surface area contributed by atoms with Gasteiger partial charge >= 0.3 is 0 Å². The van der Waals surface area contributed by atoms with E-state index in [4.69, 9.17) is 16.3 Å². The lowest BCUT2D eigenvalue weighted by Gasteiger charge is -2.18. The van der Waals surface area contributed by atoms with Crippen molar-refractivity contribution in [1.82, 2.24) is 4.90 Å². The van der Waals surface area contributed by atoms with E-state index in [0.29, 0.717) is 29.4 Å². The SMILES string of the molecule is COc1ccc(NC(=O)CN2CCC(C)(O)C2)cc1Cl. The minimum Gasteiger partial charge on any atom is -0.495 e. The summed E-state index contributed by atoms with van der Waals surface area (Å²) in [4.78, 5) is 13.9. The molecule has 6 heteroatoms. The zero-order valence-corrected chi connectivity index (χ0v) is 12.4. The van der Waals surface area contributed by atoms with E-state index in [0.717, 1.165) is 6.54 Å². The molecule has 0 bridgehead atoms. The van der Waals surface area contributed by atoms with Gasteiger partial charge in [0.05, 0.1) is 24.3 Å². The number of aliphatic hydroxyl groups is 1. The fourth-order valence-electron chi connectivity index (χ4n) is 2.32. The molecule has 0 spiro atoms. The smallest absolute Gasteiger partial charge is 0.238 e. The molecule has 0 saturated carbocycles. The number of hydrogen-bond donors (Lipinski definition) is 2. The van der Waals surface area contributed by atoms with Crippen LogP contribution in [0, 0.1) is 0 Å². The molecule has 20 heavy (non-hydrogen) atoms. The van der Waals surface area contributed by atoms with E-state index in [9.17, 15) is 9.90 Å². The number of likely N-dealkylation sites (tertiary alicyclic amines) is 1. The third kappa shape index (κ3) is 3.85. The molecule has 110 valence electrons. The van der Waals surface area contributed by atoms with Crippen LogP contribution in [0.5, 0.6) is 5.75 Å². The van der Waals surface area contributed by atoms with Crippen molar-refractivity contribution in [3.8, 4) is 5.75 Å². The molecular weight excluding hydrogens is 280 g/mol. The number of nitrogens with one attached hydrogen (secondary N) is 1. The van der Waals surface area contributed by atoms with Crippen molar-refractivity contribution >= 4 is 23.2 Å². The van der Waals surface area contributed by atoms with Crippen LogP contribution in [0.1, 0.15) is 13.3 Å². The lowest BCUT2D eigenvalue weighted by Crippen LogP contribution is -2.35. The van der Waals surface area contributed by atoms with Crippen molar-refractivity contribution in [3.63, 3.8) is 0 Å². The summed E-state index contributed by atoms with van der Waals surface area (Å²) in [5.41, 5.74) is -0.0595. The van der Waals surface area contributed by atoms with Crippen LogP contribution in [0.3, 0.4) is 0 Å². The molecule has 1 heterocycles. The van der Waals surface area contributed by atoms with Gasteiger partial charge in [-0.15, -0.1) is 0 Å². The number of carbonyl (C=O) groups excluding carboxylic acids is 1. The Morgan fingerprint density at radius 3 is 2.90 bits per heavy atom. The molecule has 1 amide bonds. The molecule has 1 aliphatic rings. The fraction of sp³-hybridized carbons (Fsp3) is 0.500. The minimum absolute atomic E-state index is 0.121. The second-order valence-corrected chi connectivity index (χ2v) is 5.76. The van der Waals surface area contributed by atoms with Crippen LogP contribution < -0.4 is 10.1 Å². The van der Waals surface area contributed by atoms with E-state index in [-0.39, 0.29) is 12.5 Å². The summed E-state index contributed by atoms with van der Waals surface area (Å²) >= 11 is 6.00. The molecule has 5 nitrogen and oxygen atoms in total. The Bertz CT molecular complexity index is 505. The number of β-amino-alcohol motifs (C(OH)–C–C–N with tert-alkyl or cyclic N) is 1. The molecule has 2 N–H and O–H groups in total. The van der Waals surface area contributed by atoms with Gasteiger partial charge in [0, 0.05) is 18.8 Å². The largest absolute Gasteiger partial charge is 0.495 e. The summed E-state index contributed by atoms with van der Waals surface area (Å²) in [6.07, 6.45) is 0.689. The third-order valence-electron chi connectivity index (χ3n) is 3.33. The number of nitrogens with zero attached hydrogens (tertiary/aromatic N) is 1. The van der Waals surface area contributed by atoms with E-state index in [1.807, 2.05) is 4.90 Å². The van der Waals surface area contributed by atoms with Crippen LogP contribution in [-0.4, -0.2) is 48.3 Å². The first kappa shape index (κ1) is 15.1. The Balaban J connectivity index is 1.90. The van der Waals surface area contributed by atoms with Gasteiger partial charge in [-0.2, -0.15) is 0 Å². The van der Waals surface area contributed by atoms with Gasteiger partial charge in [0.2, 0.25) is 5.91 Å². The molecule has 1 unspecified atom stereocenters. The van der Waals surface area contributed by atoms with E-state index >= 15 is 0 Å². The van der Waals surface area contributed by atoms with E-state index in [1.54, 1.807) is 32.2 Å². The molecule has 0 aliphatic carbocycles. The van der Waals surface area contributed by atoms with Gasteiger partial charge in [0.15, 0.2) is 0 Å². The highest BCUT2D eigenvalue weighted by molar-refractivity contribution is 6.32. The van der Waals surface area contributed by atoms with Gasteiger partial charge < -0.3 is 15.2 Å². The van der Waals surface area contributed by atoms with Crippen LogP contribution in [0.2, 0.25) is 5.02 Å². The highest BCUT2D eigenvalue weighted by Crippen LogP contribution is 2.27. The Labute approximate surface area is 123 Å². The van der Waals surface area contributed by atoms with Crippen molar-refractivity contribution in [2.75, 3.05) is 32.1 Å². The monoisotopic (exact) mass is 298 g/mol. The second kappa shape index (κ2) is 5.99. The topological polar surface area (TPSA) is 61.8 Å². The average molecular weight is 299 g/mol. The van der Waals surface area contributed by atoms with Gasteiger partial charge in [-0.1, -0.05) is 11.6 Å². The number of anilines is 1. The van der Waals surface area contributed by atoms with Crippen molar-refractivity contribution < 1.29 is 14.6 Å². The zero-order valence-electron chi connectivity index (χ0n) is 11.6. The maximum absolute atomic E-state index is 11.9. The second-order valence-electron chi connectivity index (χ2n) is 5.36. The van der Waals surface area contributed by atoms with E-state index < -0.39 is 5.60 Å². The lowest BCUT2D eigenvalue weighted by molar-refractivity contribution is -0.117. The van der Waals surface area contributed by atoms with Crippen LogP contribution in [0.15, 0.2) is 18.2 Å². The number of carbonyl (C=O) groups is 1. The maximum Gasteiger partial charge on any atom is 0.238 e. The Morgan fingerprint density at radius 2 is 2.35 bits per heavy atom. The normalized spacial score (nSPS) is 22.8. The number of benzene rings is 1. The summed E-state index contributed by atoms with van der Waals surface area (Å²) in [6, 6.07) is 5.10. The first-order valence-corrected chi connectivity index (χ1v) is 6.85. The molecule has 0 aromatic heterocycles. The molecule has 0 radical (unpaired) electrons. The molecule has 2 rings (SSSR count).